The van der Waals surface area contributed by atoms with Crippen LogP contribution in [0.5, 0.6) is 0 Å². The molecule has 2 rings (SSSR count). The fraction of sp³-hybridized carbons (Fsp3) is 0.765. The third-order valence-corrected chi connectivity index (χ3v) is 5.42. The molecule has 4 nitrogen and oxygen atoms in total. The third kappa shape index (κ3) is 2.72. The smallest absolute Gasteiger partial charge is 0.307 e. The Balaban J connectivity index is 2.27. The minimum atomic E-state index is -0.821. The number of hydrogen-bond donors (Lipinski definition) is 1. The molecular weight excluding hydrogens is 266 g/mol. The highest BCUT2D eigenvalue weighted by Crippen LogP contribution is 2.49. The lowest BCUT2D eigenvalue weighted by Gasteiger charge is -2.38. The van der Waals surface area contributed by atoms with Gasteiger partial charge in [-0.3, -0.25) is 9.59 Å². The molecule has 6 atom stereocenters. The number of nitrogens with zero attached hydrogens (tertiary/aromatic N) is 1. The van der Waals surface area contributed by atoms with Crippen LogP contribution >= 0.6 is 0 Å². The number of amides is 1. The van der Waals surface area contributed by atoms with Gasteiger partial charge in [0.25, 0.3) is 0 Å². The van der Waals surface area contributed by atoms with Gasteiger partial charge < -0.3 is 10.0 Å². The van der Waals surface area contributed by atoms with Crippen molar-refractivity contribution in [1.82, 2.24) is 4.90 Å². The first kappa shape index (κ1) is 16.1. The Labute approximate surface area is 127 Å². The summed E-state index contributed by atoms with van der Waals surface area (Å²) in [4.78, 5) is 26.6. The fourth-order valence-corrected chi connectivity index (χ4v) is 3.93. The Morgan fingerprint density at radius 1 is 1.10 bits per heavy atom. The number of hydrogen-bond acceptors (Lipinski definition) is 2. The lowest BCUT2D eigenvalue weighted by Crippen LogP contribution is -2.50. The molecule has 2 aliphatic carbocycles. The van der Waals surface area contributed by atoms with E-state index in [1.165, 1.54) is 0 Å². The number of fused-ring (bicyclic) bond motifs is 2. The number of aliphatic carboxylic acids is 1. The fourth-order valence-electron chi connectivity index (χ4n) is 3.93. The van der Waals surface area contributed by atoms with E-state index in [1.807, 2.05) is 11.0 Å². The van der Waals surface area contributed by atoms with Crippen LogP contribution in [0.2, 0.25) is 0 Å². The molecule has 0 heterocycles. The van der Waals surface area contributed by atoms with Crippen LogP contribution in [0.25, 0.3) is 0 Å². The molecule has 1 amide bonds. The van der Waals surface area contributed by atoms with Gasteiger partial charge in [0.2, 0.25) is 5.91 Å². The molecule has 0 aromatic carbocycles. The maximum absolute atomic E-state index is 13.1. The normalized spacial score (nSPS) is 33.0. The number of rotatable bonds is 6. The molecule has 0 spiro atoms. The van der Waals surface area contributed by atoms with Crippen LogP contribution in [0.3, 0.4) is 0 Å². The Hall–Kier alpha value is -1.32. The van der Waals surface area contributed by atoms with Crippen molar-refractivity contribution in [1.29, 1.82) is 0 Å². The Morgan fingerprint density at radius 3 is 2.00 bits per heavy atom. The molecular formula is C17H27NO3. The van der Waals surface area contributed by atoms with Crippen molar-refractivity contribution >= 4 is 11.9 Å². The second kappa shape index (κ2) is 6.20. The SMILES string of the molecule is CC[C@H](C)N(C(=O)[C@H]1[C@H](C(=O)O)[C@H]2C=C[C@H]1C2)[C@@H](C)CC. The quantitative estimate of drug-likeness (QED) is 0.766. The molecule has 0 aromatic heterocycles. The van der Waals surface area contributed by atoms with Crippen LogP contribution in [0, 0.1) is 23.7 Å². The van der Waals surface area contributed by atoms with Gasteiger partial charge in [0, 0.05) is 12.1 Å². The van der Waals surface area contributed by atoms with Gasteiger partial charge in [-0.1, -0.05) is 26.0 Å². The molecule has 1 N–H and O–H groups in total. The summed E-state index contributed by atoms with van der Waals surface area (Å²) >= 11 is 0. The topological polar surface area (TPSA) is 57.6 Å². The van der Waals surface area contributed by atoms with Crippen molar-refractivity contribution in [2.45, 2.75) is 59.0 Å². The summed E-state index contributed by atoms with van der Waals surface area (Å²) in [6.07, 6.45) is 6.65. The number of carboxylic acid groups (broad SMARTS) is 1. The molecule has 2 aliphatic rings. The zero-order chi connectivity index (χ0) is 15.7. The zero-order valence-electron chi connectivity index (χ0n) is 13.5. The first-order valence-corrected chi connectivity index (χ1v) is 8.15. The van der Waals surface area contributed by atoms with Gasteiger partial charge >= 0.3 is 5.97 Å². The van der Waals surface area contributed by atoms with Crippen molar-refractivity contribution in [3.05, 3.63) is 12.2 Å². The van der Waals surface area contributed by atoms with Crippen molar-refractivity contribution in [2.24, 2.45) is 23.7 Å². The van der Waals surface area contributed by atoms with Crippen molar-refractivity contribution in [2.75, 3.05) is 0 Å². The summed E-state index contributed by atoms with van der Waals surface area (Å²) in [6.45, 7) is 8.26. The van der Waals surface area contributed by atoms with Crippen LogP contribution in [0.1, 0.15) is 47.0 Å². The predicted octanol–water partition coefficient (Wildman–Crippen LogP) is 2.93. The van der Waals surface area contributed by atoms with Crippen LogP contribution in [-0.4, -0.2) is 34.0 Å². The molecule has 118 valence electrons. The molecule has 0 radical (unpaired) electrons. The van der Waals surface area contributed by atoms with E-state index in [4.69, 9.17) is 0 Å². The molecule has 0 aromatic rings. The van der Waals surface area contributed by atoms with Gasteiger partial charge in [-0.2, -0.15) is 0 Å². The predicted molar refractivity (Wildman–Crippen MR) is 81.7 cm³/mol. The Morgan fingerprint density at radius 2 is 1.57 bits per heavy atom. The van der Waals surface area contributed by atoms with Gasteiger partial charge in [-0.25, -0.2) is 0 Å². The molecule has 0 saturated heterocycles. The van der Waals surface area contributed by atoms with Crippen molar-refractivity contribution in [3.8, 4) is 0 Å². The van der Waals surface area contributed by atoms with Gasteiger partial charge in [-0.15, -0.1) is 0 Å². The highest BCUT2D eigenvalue weighted by atomic mass is 16.4. The minimum Gasteiger partial charge on any atom is -0.481 e. The lowest BCUT2D eigenvalue weighted by molar-refractivity contribution is -0.153. The number of carboxylic acids is 1. The summed E-state index contributed by atoms with van der Waals surface area (Å²) in [5.74, 6) is -1.54. The molecule has 4 heteroatoms. The third-order valence-electron chi connectivity index (χ3n) is 5.42. The van der Waals surface area contributed by atoms with E-state index < -0.39 is 11.9 Å². The van der Waals surface area contributed by atoms with E-state index in [-0.39, 0.29) is 35.7 Å². The average Bonchev–Trinajstić information content (AvgIpc) is 3.07. The van der Waals surface area contributed by atoms with E-state index in [9.17, 15) is 14.7 Å². The molecule has 1 saturated carbocycles. The molecule has 2 bridgehead atoms. The second-order valence-electron chi connectivity index (χ2n) is 6.60. The number of allylic oxidation sites excluding steroid dienone is 2. The van der Waals surface area contributed by atoms with Crippen LogP contribution in [0.15, 0.2) is 12.2 Å². The van der Waals surface area contributed by atoms with E-state index in [0.29, 0.717) is 0 Å². The molecule has 0 unspecified atom stereocenters. The standard InChI is InChI=1S/C17H27NO3/c1-5-10(3)18(11(4)6-2)16(19)14-12-7-8-13(9-12)15(14)17(20)21/h7-8,10-15H,5-6,9H2,1-4H3,(H,20,21)/t10-,11-,12-,13-,14+,15+/m0/s1. The summed E-state index contributed by atoms with van der Waals surface area (Å²) in [6, 6.07) is 0.315. The molecule has 21 heavy (non-hydrogen) atoms. The molecule has 0 aliphatic heterocycles. The van der Waals surface area contributed by atoms with Crippen molar-refractivity contribution < 1.29 is 14.7 Å². The first-order valence-electron chi connectivity index (χ1n) is 8.15. The minimum absolute atomic E-state index is 0.0390. The van der Waals surface area contributed by atoms with E-state index in [0.717, 1.165) is 19.3 Å². The van der Waals surface area contributed by atoms with Gasteiger partial charge in [0.15, 0.2) is 0 Å². The summed E-state index contributed by atoms with van der Waals surface area (Å²) in [5, 5.41) is 9.52. The Bertz CT molecular complexity index is 435. The van der Waals surface area contributed by atoms with E-state index in [2.05, 4.69) is 33.8 Å². The van der Waals surface area contributed by atoms with Crippen LogP contribution in [-0.2, 0) is 9.59 Å². The largest absolute Gasteiger partial charge is 0.481 e. The van der Waals surface area contributed by atoms with Crippen LogP contribution in [0.4, 0.5) is 0 Å². The average molecular weight is 293 g/mol. The summed E-state index contributed by atoms with van der Waals surface area (Å²) in [7, 11) is 0. The Kier molecular flexibility index (Phi) is 4.74. The van der Waals surface area contributed by atoms with E-state index in [1.54, 1.807) is 0 Å². The van der Waals surface area contributed by atoms with Crippen molar-refractivity contribution in [3.63, 3.8) is 0 Å². The zero-order valence-corrected chi connectivity index (χ0v) is 13.5. The summed E-state index contributed by atoms with van der Waals surface area (Å²) in [5.41, 5.74) is 0. The second-order valence-corrected chi connectivity index (χ2v) is 6.60. The monoisotopic (exact) mass is 293 g/mol. The maximum Gasteiger partial charge on any atom is 0.307 e. The van der Waals surface area contributed by atoms with Gasteiger partial charge in [-0.05, 0) is 44.9 Å². The highest BCUT2D eigenvalue weighted by Gasteiger charge is 2.53. The van der Waals surface area contributed by atoms with Gasteiger partial charge in [0.1, 0.15) is 0 Å². The van der Waals surface area contributed by atoms with E-state index >= 15 is 0 Å². The first-order chi connectivity index (χ1) is 9.92. The number of carbonyl (C=O) groups excluding carboxylic acids is 1. The van der Waals surface area contributed by atoms with Crippen LogP contribution < -0.4 is 0 Å². The lowest BCUT2D eigenvalue weighted by atomic mass is 9.81. The number of carbonyl (C=O) groups is 2. The summed E-state index contributed by atoms with van der Waals surface area (Å²) < 4.78 is 0. The van der Waals surface area contributed by atoms with Gasteiger partial charge in [0.05, 0.1) is 11.8 Å². The molecule has 1 fully saturated rings. The maximum atomic E-state index is 13.1. The highest BCUT2D eigenvalue weighted by molar-refractivity contribution is 5.87.